The number of hydrogen-bond acceptors (Lipinski definition) is 2. The van der Waals surface area contributed by atoms with Crippen LogP contribution >= 0.6 is 12.4 Å². The van der Waals surface area contributed by atoms with Crippen LogP contribution in [0.15, 0.2) is 24.3 Å². The van der Waals surface area contributed by atoms with Crippen LogP contribution in [0.3, 0.4) is 0 Å². The Morgan fingerprint density at radius 1 is 1.47 bits per heavy atom. The summed E-state index contributed by atoms with van der Waals surface area (Å²) in [5.74, 6) is 0.110. The first-order chi connectivity index (χ1) is 7.66. The topological polar surface area (TPSA) is 46.3 Å². The van der Waals surface area contributed by atoms with E-state index in [-0.39, 0.29) is 24.4 Å². The number of aryl methyl sites for hydroxylation is 1. The molecule has 94 valence electrons. The molecular formula is C13H19ClN2O. The van der Waals surface area contributed by atoms with Crippen LogP contribution in [0, 0.1) is 6.92 Å². The molecule has 0 aliphatic carbocycles. The Morgan fingerprint density at radius 3 is 2.88 bits per heavy atom. The highest BCUT2D eigenvalue weighted by molar-refractivity contribution is 5.94. The molecule has 1 heterocycles. The monoisotopic (exact) mass is 254 g/mol. The second kappa shape index (κ2) is 6.03. The van der Waals surface area contributed by atoms with Gasteiger partial charge in [0.2, 0.25) is 0 Å². The van der Waals surface area contributed by atoms with Crippen LogP contribution in [0.2, 0.25) is 0 Å². The minimum atomic E-state index is 0. The lowest BCUT2D eigenvalue weighted by atomic mass is 10.0. The standard InChI is InChI=1S/C13H18N2O.ClH/c1-10-4-2-5-11(8-10)13(16)15-7-3-6-12(14)9-15;/h2,4-5,8,12H,3,6-7,9,14H2,1H3;1H. The number of piperidine rings is 1. The zero-order valence-electron chi connectivity index (χ0n) is 10.1. The number of carbonyl (C=O) groups is 1. The maximum Gasteiger partial charge on any atom is 0.253 e. The molecule has 2 N–H and O–H groups in total. The Morgan fingerprint density at radius 2 is 2.24 bits per heavy atom. The molecule has 1 atom stereocenters. The van der Waals surface area contributed by atoms with E-state index in [9.17, 15) is 4.79 Å². The van der Waals surface area contributed by atoms with Crippen LogP contribution < -0.4 is 5.73 Å². The third-order valence-corrected chi connectivity index (χ3v) is 3.01. The molecule has 0 radical (unpaired) electrons. The minimum absolute atomic E-state index is 0. The zero-order chi connectivity index (χ0) is 11.5. The molecule has 1 fully saturated rings. The van der Waals surface area contributed by atoms with E-state index in [1.165, 1.54) is 0 Å². The van der Waals surface area contributed by atoms with E-state index in [4.69, 9.17) is 5.73 Å². The van der Waals surface area contributed by atoms with Gasteiger partial charge >= 0.3 is 0 Å². The Hall–Kier alpha value is -1.06. The van der Waals surface area contributed by atoms with Gasteiger partial charge in [-0.05, 0) is 31.9 Å². The fraction of sp³-hybridized carbons (Fsp3) is 0.462. The molecule has 17 heavy (non-hydrogen) atoms. The highest BCUT2D eigenvalue weighted by Gasteiger charge is 2.21. The Kier molecular flexibility index (Phi) is 4.97. The van der Waals surface area contributed by atoms with Crippen molar-refractivity contribution < 1.29 is 4.79 Å². The van der Waals surface area contributed by atoms with Gasteiger partial charge in [-0.25, -0.2) is 0 Å². The van der Waals surface area contributed by atoms with Crippen molar-refractivity contribution in [3.8, 4) is 0 Å². The Bertz CT molecular complexity index is 395. The van der Waals surface area contributed by atoms with Crippen molar-refractivity contribution in [2.24, 2.45) is 5.73 Å². The lowest BCUT2D eigenvalue weighted by Crippen LogP contribution is -2.45. The second-order valence-electron chi connectivity index (χ2n) is 4.52. The van der Waals surface area contributed by atoms with Gasteiger partial charge in [0.25, 0.3) is 5.91 Å². The minimum Gasteiger partial charge on any atom is -0.337 e. The molecule has 1 saturated heterocycles. The van der Waals surface area contributed by atoms with E-state index in [0.29, 0.717) is 6.54 Å². The van der Waals surface area contributed by atoms with Gasteiger partial charge < -0.3 is 10.6 Å². The number of hydrogen-bond donors (Lipinski definition) is 1. The first-order valence-electron chi connectivity index (χ1n) is 5.78. The summed E-state index contributed by atoms with van der Waals surface area (Å²) in [4.78, 5) is 14.0. The summed E-state index contributed by atoms with van der Waals surface area (Å²) in [6, 6.07) is 7.87. The van der Waals surface area contributed by atoms with Gasteiger partial charge in [-0.2, -0.15) is 0 Å². The molecular weight excluding hydrogens is 236 g/mol. The van der Waals surface area contributed by atoms with Crippen LogP contribution in [0.1, 0.15) is 28.8 Å². The maximum atomic E-state index is 12.2. The smallest absolute Gasteiger partial charge is 0.253 e. The molecule has 1 aliphatic heterocycles. The fourth-order valence-corrected chi connectivity index (χ4v) is 2.16. The predicted molar refractivity (Wildman–Crippen MR) is 71.5 cm³/mol. The maximum absolute atomic E-state index is 12.2. The number of halogens is 1. The van der Waals surface area contributed by atoms with E-state index >= 15 is 0 Å². The molecule has 2 rings (SSSR count). The second-order valence-corrected chi connectivity index (χ2v) is 4.52. The molecule has 0 spiro atoms. The van der Waals surface area contributed by atoms with E-state index in [0.717, 1.165) is 30.5 Å². The van der Waals surface area contributed by atoms with E-state index in [2.05, 4.69) is 0 Å². The number of nitrogens with two attached hydrogens (primary N) is 1. The van der Waals surface area contributed by atoms with E-state index < -0.39 is 0 Å². The molecule has 1 aromatic rings. The van der Waals surface area contributed by atoms with Gasteiger partial charge in [0, 0.05) is 24.7 Å². The highest BCUT2D eigenvalue weighted by atomic mass is 35.5. The number of rotatable bonds is 1. The number of amides is 1. The van der Waals surface area contributed by atoms with Crippen LogP contribution in [-0.2, 0) is 0 Å². The van der Waals surface area contributed by atoms with Gasteiger partial charge in [-0.3, -0.25) is 4.79 Å². The molecule has 3 nitrogen and oxygen atoms in total. The van der Waals surface area contributed by atoms with Crippen molar-refractivity contribution in [3.05, 3.63) is 35.4 Å². The Balaban J connectivity index is 0.00000144. The normalized spacial score (nSPS) is 19.6. The molecule has 0 aromatic heterocycles. The molecule has 1 unspecified atom stereocenters. The Labute approximate surface area is 108 Å². The number of nitrogens with zero attached hydrogens (tertiary/aromatic N) is 1. The van der Waals surface area contributed by atoms with Crippen molar-refractivity contribution in [1.82, 2.24) is 4.90 Å². The zero-order valence-corrected chi connectivity index (χ0v) is 10.9. The summed E-state index contributed by atoms with van der Waals surface area (Å²) in [5.41, 5.74) is 7.77. The van der Waals surface area contributed by atoms with Crippen LogP contribution in [-0.4, -0.2) is 29.9 Å². The van der Waals surface area contributed by atoms with Crippen LogP contribution in [0.4, 0.5) is 0 Å². The summed E-state index contributed by atoms with van der Waals surface area (Å²) >= 11 is 0. The average molecular weight is 255 g/mol. The summed E-state index contributed by atoms with van der Waals surface area (Å²) in [6.07, 6.45) is 2.04. The van der Waals surface area contributed by atoms with Gasteiger partial charge in [-0.1, -0.05) is 17.7 Å². The third kappa shape index (κ3) is 3.45. The van der Waals surface area contributed by atoms with Crippen molar-refractivity contribution in [1.29, 1.82) is 0 Å². The summed E-state index contributed by atoms with van der Waals surface area (Å²) in [5, 5.41) is 0. The van der Waals surface area contributed by atoms with Gasteiger partial charge in [0.05, 0.1) is 0 Å². The third-order valence-electron chi connectivity index (χ3n) is 3.01. The van der Waals surface area contributed by atoms with Crippen LogP contribution in [0.25, 0.3) is 0 Å². The predicted octanol–water partition coefficient (Wildman–Crippen LogP) is 1.98. The summed E-state index contributed by atoms with van der Waals surface area (Å²) < 4.78 is 0. The molecule has 0 bridgehead atoms. The first-order valence-corrected chi connectivity index (χ1v) is 5.78. The van der Waals surface area contributed by atoms with E-state index in [1.54, 1.807) is 0 Å². The fourth-order valence-electron chi connectivity index (χ4n) is 2.16. The van der Waals surface area contributed by atoms with Crippen molar-refractivity contribution in [3.63, 3.8) is 0 Å². The number of benzene rings is 1. The van der Waals surface area contributed by atoms with Gasteiger partial charge in [-0.15, -0.1) is 12.4 Å². The first kappa shape index (κ1) is 14.0. The lowest BCUT2D eigenvalue weighted by Gasteiger charge is -2.30. The van der Waals surface area contributed by atoms with Crippen LogP contribution in [0.5, 0.6) is 0 Å². The molecule has 1 aliphatic rings. The quantitative estimate of drug-likeness (QED) is 0.833. The molecule has 1 aromatic carbocycles. The van der Waals surface area contributed by atoms with E-state index in [1.807, 2.05) is 36.1 Å². The summed E-state index contributed by atoms with van der Waals surface area (Å²) in [7, 11) is 0. The number of likely N-dealkylation sites (tertiary alicyclic amines) is 1. The van der Waals surface area contributed by atoms with Gasteiger partial charge in [0.1, 0.15) is 0 Å². The highest BCUT2D eigenvalue weighted by Crippen LogP contribution is 2.13. The van der Waals surface area contributed by atoms with Crippen molar-refractivity contribution >= 4 is 18.3 Å². The van der Waals surface area contributed by atoms with Gasteiger partial charge in [0.15, 0.2) is 0 Å². The van der Waals surface area contributed by atoms with Crippen molar-refractivity contribution in [2.45, 2.75) is 25.8 Å². The molecule has 0 saturated carbocycles. The van der Waals surface area contributed by atoms with Crippen molar-refractivity contribution in [2.75, 3.05) is 13.1 Å². The largest absolute Gasteiger partial charge is 0.337 e. The molecule has 1 amide bonds. The molecule has 4 heteroatoms. The summed E-state index contributed by atoms with van der Waals surface area (Å²) in [6.45, 7) is 3.52. The lowest BCUT2D eigenvalue weighted by molar-refractivity contribution is 0.0708. The average Bonchev–Trinajstić information content (AvgIpc) is 2.28. The number of carbonyl (C=O) groups excluding carboxylic acids is 1. The SMILES string of the molecule is Cc1cccc(C(=O)N2CCCC(N)C2)c1.Cl.